The summed E-state index contributed by atoms with van der Waals surface area (Å²) in [4.78, 5) is 2.36. The van der Waals surface area contributed by atoms with Crippen LogP contribution >= 0.6 is 0 Å². The number of benzene rings is 1. The standard InChI is InChI=1S/C14H21NO/c1-11-5-3-4-6-13(11)14(16)9-10-15(2)12-7-8-12/h3-6,12,14,16H,7-10H2,1-2H3. The van der Waals surface area contributed by atoms with Crippen molar-refractivity contribution in [2.45, 2.75) is 38.3 Å². The van der Waals surface area contributed by atoms with Crippen LogP contribution in [0.1, 0.15) is 36.5 Å². The summed E-state index contributed by atoms with van der Waals surface area (Å²) in [5.41, 5.74) is 2.26. The third-order valence-electron chi connectivity index (χ3n) is 3.47. The van der Waals surface area contributed by atoms with Crippen molar-refractivity contribution in [3.63, 3.8) is 0 Å². The Bertz CT molecular complexity index is 346. The second-order valence-corrected chi connectivity index (χ2v) is 4.87. The van der Waals surface area contributed by atoms with Crippen LogP contribution in [0.4, 0.5) is 0 Å². The van der Waals surface area contributed by atoms with Gasteiger partial charge in [0, 0.05) is 12.6 Å². The number of aliphatic hydroxyl groups is 1. The predicted molar refractivity (Wildman–Crippen MR) is 66.4 cm³/mol. The van der Waals surface area contributed by atoms with Gasteiger partial charge in [-0.1, -0.05) is 24.3 Å². The highest BCUT2D eigenvalue weighted by Crippen LogP contribution is 2.27. The van der Waals surface area contributed by atoms with Crippen LogP contribution in [0.3, 0.4) is 0 Å². The van der Waals surface area contributed by atoms with Crippen molar-refractivity contribution in [2.24, 2.45) is 0 Å². The van der Waals surface area contributed by atoms with Crippen molar-refractivity contribution in [2.75, 3.05) is 13.6 Å². The van der Waals surface area contributed by atoms with Crippen LogP contribution in [0.2, 0.25) is 0 Å². The molecule has 0 heterocycles. The zero-order valence-electron chi connectivity index (χ0n) is 10.2. The van der Waals surface area contributed by atoms with E-state index in [1.807, 2.05) is 18.2 Å². The lowest BCUT2D eigenvalue weighted by atomic mass is 10.0. The zero-order valence-corrected chi connectivity index (χ0v) is 10.2. The van der Waals surface area contributed by atoms with E-state index in [9.17, 15) is 5.11 Å². The lowest BCUT2D eigenvalue weighted by Gasteiger charge is -2.19. The Morgan fingerprint density at radius 1 is 1.38 bits per heavy atom. The van der Waals surface area contributed by atoms with Crippen molar-refractivity contribution in [3.05, 3.63) is 35.4 Å². The Morgan fingerprint density at radius 3 is 2.69 bits per heavy atom. The van der Waals surface area contributed by atoms with E-state index in [0.717, 1.165) is 24.6 Å². The number of aryl methyl sites for hydroxylation is 1. The highest BCUT2D eigenvalue weighted by Gasteiger charge is 2.26. The molecule has 1 aliphatic carbocycles. The van der Waals surface area contributed by atoms with E-state index in [1.165, 1.54) is 18.4 Å². The van der Waals surface area contributed by atoms with Crippen molar-refractivity contribution < 1.29 is 5.11 Å². The molecule has 2 nitrogen and oxygen atoms in total. The lowest BCUT2D eigenvalue weighted by Crippen LogP contribution is -2.23. The van der Waals surface area contributed by atoms with Gasteiger partial charge in [0.2, 0.25) is 0 Å². The number of rotatable bonds is 5. The van der Waals surface area contributed by atoms with E-state index in [4.69, 9.17) is 0 Å². The minimum Gasteiger partial charge on any atom is -0.388 e. The van der Waals surface area contributed by atoms with Crippen molar-refractivity contribution in [1.82, 2.24) is 4.90 Å². The fourth-order valence-corrected chi connectivity index (χ4v) is 2.14. The topological polar surface area (TPSA) is 23.5 Å². The molecule has 2 rings (SSSR count). The molecule has 1 aromatic rings. The molecule has 0 spiro atoms. The first-order valence-electron chi connectivity index (χ1n) is 6.12. The van der Waals surface area contributed by atoms with Gasteiger partial charge in [0.15, 0.2) is 0 Å². The van der Waals surface area contributed by atoms with Crippen LogP contribution in [0, 0.1) is 6.92 Å². The molecule has 1 saturated carbocycles. The fraction of sp³-hybridized carbons (Fsp3) is 0.571. The molecule has 1 aromatic carbocycles. The second kappa shape index (κ2) is 4.98. The third-order valence-corrected chi connectivity index (χ3v) is 3.47. The molecule has 0 radical (unpaired) electrons. The number of hydrogen-bond acceptors (Lipinski definition) is 2. The first kappa shape index (κ1) is 11.6. The molecule has 0 amide bonds. The maximum atomic E-state index is 10.1. The maximum absolute atomic E-state index is 10.1. The Morgan fingerprint density at radius 2 is 2.06 bits per heavy atom. The van der Waals surface area contributed by atoms with Gasteiger partial charge in [0.05, 0.1) is 6.10 Å². The lowest BCUT2D eigenvalue weighted by molar-refractivity contribution is 0.147. The Hall–Kier alpha value is -0.860. The number of hydrogen-bond donors (Lipinski definition) is 1. The number of aliphatic hydroxyl groups excluding tert-OH is 1. The molecule has 0 aliphatic heterocycles. The molecule has 2 heteroatoms. The fourth-order valence-electron chi connectivity index (χ4n) is 2.14. The maximum Gasteiger partial charge on any atom is 0.0804 e. The van der Waals surface area contributed by atoms with Crippen molar-refractivity contribution in [1.29, 1.82) is 0 Å². The summed E-state index contributed by atoms with van der Waals surface area (Å²) in [5, 5.41) is 10.1. The minimum absolute atomic E-state index is 0.317. The molecular weight excluding hydrogens is 198 g/mol. The van der Waals surface area contributed by atoms with Gasteiger partial charge in [-0.2, -0.15) is 0 Å². The van der Waals surface area contributed by atoms with Gasteiger partial charge >= 0.3 is 0 Å². The first-order valence-corrected chi connectivity index (χ1v) is 6.12. The monoisotopic (exact) mass is 219 g/mol. The molecule has 0 saturated heterocycles. The van der Waals surface area contributed by atoms with Crippen molar-refractivity contribution >= 4 is 0 Å². The van der Waals surface area contributed by atoms with Gasteiger partial charge < -0.3 is 10.0 Å². The average Bonchev–Trinajstić information content (AvgIpc) is 3.10. The van der Waals surface area contributed by atoms with E-state index >= 15 is 0 Å². The van der Waals surface area contributed by atoms with E-state index in [-0.39, 0.29) is 6.10 Å². The normalized spacial score (nSPS) is 17.8. The molecule has 1 N–H and O–H groups in total. The predicted octanol–water partition coefficient (Wildman–Crippen LogP) is 2.51. The SMILES string of the molecule is Cc1ccccc1C(O)CCN(C)C1CC1. The average molecular weight is 219 g/mol. The zero-order chi connectivity index (χ0) is 11.5. The molecule has 88 valence electrons. The summed E-state index contributed by atoms with van der Waals surface area (Å²) in [5.74, 6) is 0. The molecule has 1 fully saturated rings. The molecule has 0 bridgehead atoms. The van der Waals surface area contributed by atoms with Gasteiger partial charge in [0.25, 0.3) is 0 Å². The summed E-state index contributed by atoms with van der Waals surface area (Å²) in [6.45, 7) is 3.04. The smallest absolute Gasteiger partial charge is 0.0804 e. The molecule has 0 aromatic heterocycles. The first-order chi connectivity index (χ1) is 7.68. The minimum atomic E-state index is -0.317. The molecule has 1 aliphatic rings. The van der Waals surface area contributed by atoms with Crippen LogP contribution in [0.15, 0.2) is 24.3 Å². The quantitative estimate of drug-likeness (QED) is 0.822. The van der Waals surface area contributed by atoms with Crippen LogP contribution < -0.4 is 0 Å². The van der Waals surface area contributed by atoms with Gasteiger partial charge in [0.1, 0.15) is 0 Å². The number of nitrogens with zero attached hydrogens (tertiary/aromatic N) is 1. The van der Waals surface area contributed by atoms with Gasteiger partial charge in [-0.3, -0.25) is 0 Å². The third kappa shape index (κ3) is 2.83. The van der Waals surface area contributed by atoms with Gasteiger partial charge in [-0.05, 0) is 44.4 Å². The summed E-state index contributed by atoms with van der Waals surface area (Å²) in [6, 6.07) is 8.88. The molecular formula is C14H21NO. The summed E-state index contributed by atoms with van der Waals surface area (Å²) >= 11 is 0. The Balaban J connectivity index is 1.87. The van der Waals surface area contributed by atoms with Crippen molar-refractivity contribution in [3.8, 4) is 0 Å². The summed E-state index contributed by atoms with van der Waals surface area (Å²) in [7, 11) is 2.15. The largest absolute Gasteiger partial charge is 0.388 e. The highest BCUT2D eigenvalue weighted by atomic mass is 16.3. The van der Waals surface area contributed by atoms with Crippen LogP contribution in [-0.4, -0.2) is 29.6 Å². The van der Waals surface area contributed by atoms with E-state index < -0.39 is 0 Å². The summed E-state index contributed by atoms with van der Waals surface area (Å²) < 4.78 is 0. The van der Waals surface area contributed by atoms with Crippen LogP contribution in [-0.2, 0) is 0 Å². The van der Waals surface area contributed by atoms with E-state index in [2.05, 4.69) is 24.9 Å². The second-order valence-electron chi connectivity index (χ2n) is 4.87. The molecule has 1 unspecified atom stereocenters. The van der Waals surface area contributed by atoms with E-state index in [0.29, 0.717) is 0 Å². The Labute approximate surface area is 97.9 Å². The van der Waals surface area contributed by atoms with E-state index in [1.54, 1.807) is 0 Å². The molecule has 1 atom stereocenters. The molecule has 16 heavy (non-hydrogen) atoms. The Kier molecular flexibility index (Phi) is 3.62. The van der Waals surface area contributed by atoms with Crippen LogP contribution in [0.5, 0.6) is 0 Å². The van der Waals surface area contributed by atoms with Crippen LogP contribution in [0.25, 0.3) is 0 Å². The van der Waals surface area contributed by atoms with Gasteiger partial charge in [-0.25, -0.2) is 0 Å². The van der Waals surface area contributed by atoms with Gasteiger partial charge in [-0.15, -0.1) is 0 Å². The highest BCUT2D eigenvalue weighted by molar-refractivity contribution is 5.27. The summed E-state index contributed by atoms with van der Waals surface area (Å²) in [6.07, 6.45) is 3.17.